The molecule has 1 aromatic rings. The normalized spacial score (nSPS) is 16.4. The Balaban J connectivity index is 2.06. The summed E-state index contributed by atoms with van der Waals surface area (Å²) < 4.78 is 1.77. The van der Waals surface area contributed by atoms with E-state index in [2.05, 4.69) is 17.3 Å². The lowest BCUT2D eigenvalue weighted by Gasteiger charge is -2.30. The smallest absolute Gasteiger partial charge is 0.257 e. The molecule has 0 spiro atoms. The molecule has 112 valence electrons. The van der Waals surface area contributed by atoms with Gasteiger partial charge >= 0.3 is 0 Å². The van der Waals surface area contributed by atoms with E-state index < -0.39 is 0 Å². The van der Waals surface area contributed by atoms with Gasteiger partial charge in [0.2, 0.25) is 0 Å². The number of amides is 1. The lowest BCUT2D eigenvalue weighted by molar-refractivity contribution is 0.0715. The molecular formula is C15H26N4O. The van der Waals surface area contributed by atoms with Gasteiger partial charge in [0.05, 0.1) is 11.8 Å². The van der Waals surface area contributed by atoms with Crippen molar-refractivity contribution in [2.24, 2.45) is 13.0 Å². The summed E-state index contributed by atoms with van der Waals surface area (Å²) in [5, 5.41) is 7.56. The molecule has 20 heavy (non-hydrogen) atoms. The van der Waals surface area contributed by atoms with Gasteiger partial charge in [-0.3, -0.25) is 9.48 Å². The van der Waals surface area contributed by atoms with Gasteiger partial charge in [-0.05, 0) is 45.2 Å². The molecule has 5 heteroatoms. The third-order valence-electron chi connectivity index (χ3n) is 4.18. The monoisotopic (exact) mass is 278 g/mol. The van der Waals surface area contributed by atoms with E-state index in [1.54, 1.807) is 10.9 Å². The maximum atomic E-state index is 12.7. The first kappa shape index (κ1) is 15.0. The zero-order valence-corrected chi connectivity index (χ0v) is 12.9. The van der Waals surface area contributed by atoms with Crippen LogP contribution >= 0.6 is 0 Å². The highest BCUT2D eigenvalue weighted by Gasteiger charge is 2.23. The van der Waals surface area contributed by atoms with Gasteiger partial charge in [-0.25, -0.2) is 0 Å². The third kappa shape index (κ3) is 3.39. The Hall–Kier alpha value is -1.36. The first-order valence-electron chi connectivity index (χ1n) is 7.62. The highest BCUT2D eigenvalue weighted by Crippen LogP contribution is 2.17. The largest absolute Gasteiger partial charge is 0.338 e. The summed E-state index contributed by atoms with van der Waals surface area (Å²) >= 11 is 0. The van der Waals surface area contributed by atoms with Crippen molar-refractivity contribution in [3.63, 3.8) is 0 Å². The van der Waals surface area contributed by atoms with Crippen LogP contribution in [0.5, 0.6) is 0 Å². The van der Waals surface area contributed by atoms with Crippen molar-refractivity contribution in [1.29, 1.82) is 0 Å². The summed E-state index contributed by atoms with van der Waals surface area (Å²) in [7, 11) is 1.88. The lowest BCUT2D eigenvalue weighted by atomic mass is 9.97. The number of carbonyl (C=O) groups excluding carboxylic acids is 1. The maximum Gasteiger partial charge on any atom is 0.257 e. The van der Waals surface area contributed by atoms with E-state index in [4.69, 9.17) is 0 Å². The summed E-state index contributed by atoms with van der Waals surface area (Å²) in [6.45, 7) is 7.93. The first-order valence-corrected chi connectivity index (χ1v) is 7.62. The van der Waals surface area contributed by atoms with Gasteiger partial charge in [0.1, 0.15) is 0 Å². The molecule has 1 fully saturated rings. The number of carbonyl (C=O) groups is 1. The molecule has 2 rings (SSSR count). The van der Waals surface area contributed by atoms with Gasteiger partial charge in [0, 0.05) is 25.8 Å². The van der Waals surface area contributed by atoms with E-state index in [0.29, 0.717) is 5.92 Å². The Bertz CT molecular complexity index is 449. The van der Waals surface area contributed by atoms with Crippen LogP contribution in [0.4, 0.5) is 0 Å². The van der Waals surface area contributed by atoms with Crippen molar-refractivity contribution in [2.45, 2.75) is 33.1 Å². The molecule has 1 amide bonds. The highest BCUT2D eigenvalue weighted by atomic mass is 16.2. The van der Waals surface area contributed by atoms with Crippen molar-refractivity contribution >= 4 is 5.91 Å². The minimum Gasteiger partial charge on any atom is -0.338 e. The van der Waals surface area contributed by atoms with Crippen LogP contribution < -0.4 is 5.32 Å². The molecule has 1 aliphatic rings. The third-order valence-corrected chi connectivity index (χ3v) is 4.18. The number of aryl methyl sites for hydroxylation is 1. The second-order valence-electron chi connectivity index (χ2n) is 5.71. The number of hydrogen-bond donors (Lipinski definition) is 1. The van der Waals surface area contributed by atoms with E-state index in [1.165, 1.54) is 12.8 Å². The van der Waals surface area contributed by atoms with Gasteiger partial charge in [0.25, 0.3) is 5.91 Å². The molecule has 0 radical (unpaired) electrons. The number of rotatable bonds is 5. The molecule has 1 N–H and O–H groups in total. The summed E-state index contributed by atoms with van der Waals surface area (Å²) in [6, 6.07) is 0. The predicted octanol–water partition coefficient (Wildman–Crippen LogP) is 1.58. The van der Waals surface area contributed by atoms with Crippen LogP contribution in [0.2, 0.25) is 0 Å². The number of nitrogens with zero attached hydrogens (tertiary/aromatic N) is 3. The Labute approximate surface area is 121 Å². The Morgan fingerprint density at radius 2 is 2.20 bits per heavy atom. The lowest BCUT2D eigenvalue weighted by Crippen LogP contribution is -2.39. The van der Waals surface area contributed by atoms with E-state index in [9.17, 15) is 4.79 Å². The Morgan fingerprint density at radius 1 is 1.50 bits per heavy atom. The number of piperidine rings is 1. The summed E-state index contributed by atoms with van der Waals surface area (Å²) in [4.78, 5) is 14.7. The average Bonchev–Trinajstić information content (AvgIpc) is 2.79. The number of aromatic nitrogens is 2. The number of hydrogen-bond acceptors (Lipinski definition) is 3. The van der Waals surface area contributed by atoms with Crippen LogP contribution in [0.3, 0.4) is 0 Å². The second-order valence-corrected chi connectivity index (χ2v) is 5.71. The standard InChI is InChI=1S/C15H26N4O/c1-4-9-19(11-13-5-7-16-8-6-13)15(20)14-10-17-18(3)12(14)2/h10,13,16H,4-9,11H2,1-3H3. The quantitative estimate of drug-likeness (QED) is 0.889. The van der Waals surface area contributed by atoms with E-state index in [-0.39, 0.29) is 5.91 Å². The molecule has 1 saturated heterocycles. The molecule has 0 unspecified atom stereocenters. The van der Waals surface area contributed by atoms with Crippen LogP contribution in [0.1, 0.15) is 42.2 Å². The first-order chi connectivity index (χ1) is 9.63. The van der Waals surface area contributed by atoms with Crippen molar-refractivity contribution in [3.05, 3.63) is 17.5 Å². The van der Waals surface area contributed by atoms with Crippen molar-refractivity contribution in [3.8, 4) is 0 Å². The molecule has 0 aromatic carbocycles. The molecule has 0 atom stereocenters. The van der Waals surface area contributed by atoms with Crippen LogP contribution in [0.25, 0.3) is 0 Å². The van der Waals surface area contributed by atoms with Crippen molar-refractivity contribution in [1.82, 2.24) is 20.0 Å². The fraction of sp³-hybridized carbons (Fsp3) is 0.733. The van der Waals surface area contributed by atoms with Gasteiger partial charge in [-0.15, -0.1) is 0 Å². The van der Waals surface area contributed by atoms with Crippen LogP contribution in [-0.4, -0.2) is 46.8 Å². The topological polar surface area (TPSA) is 50.2 Å². The van der Waals surface area contributed by atoms with E-state index >= 15 is 0 Å². The Morgan fingerprint density at radius 3 is 2.75 bits per heavy atom. The SMILES string of the molecule is CCCN(CC1CCNCC1)C(=O)c1cnn(C)c1C. The van der Waals surface area contributed by atoms with Gasteiger partial charge in [0.15, 0.2) is 0 Å². The molecule has 5 nitrogen and oxygen atoms in total. The summed E-state index contributed by atoms with van der Waals surface area (Å²) in [5.41, 5.74) is 1.69. The second kappa shape index (κ2) is 6.88. The fourth-order valence-corrected chi connectivity index (χ4v) is 2.80. The molecule has 1 aromatic heterocycles. The highest BCUT2D eigenvalue weighted by molar-refractivity contribution is 5.95. The average molecular weight is 278 g/mol. The molecule has 0 bridgehead atoms. The molecule has 2 heterocycles. The van der Waals surface area contributed by atoms with Crippen molar-refractivity contribution in [2.75, 3.05) is 26.2 Å². The van der Waals surface area contributed by atoms with Gasteiger partial charge in [-0.2, -0.15) is 5.10 Å². The maximum absolute atomic E-state index is 12.7. The summed E-state index contributed by atoms with van der Waals surface area (Å²) in [6.07, 6.45) is 5.03. The van der Waals surface area contributed by atoms with Gasteiger partial charge < -0.3 is 10.2 Å². The van der Waals surface area contributed by atoms with E-state index in [0.717, 1.165) is 43.9 Å². The molecule has 1 aliphatic heterocycles. The van der Waals surface area contributed by atoms with Crippen LogP contribution in [0.15, 0.2) is 6.20 Å². The predicted molar refractivity (Wildman–Crippen MR) is 79.7 cm³/mol. The summed E-state index contributed by atoms with van der Waals surface area (Å²) in [5.74, 6) is 0.764. The number of nitrogens with one attached hydrogen (secondary N) is 1. The van der Waals surface area contributed by atoms with E-state index in [1.807, 2.05) is 18.9 Å². The van der Waals surface area contributed by atoms with Crippen LogP contribution in [0, 0.1) is 12.8 Å². The molecule has 0 saturated carbocycles. The molecule has 0 aliphatic carbocycles. The minimum absolute atomic E-state index is 0.135. The zero-order chi connectivity index (χ0) is 14.5. The fourth-order valence-electron chi connectivity index (χ4n) is 2.80. The van der Waals surface area contributed by atoms with Crippen molar-refractivity contribution < 1.29 is 4.79 Å². The molecular weight excluding hydrogens is 252 g/mol. The van der Waals surface area contributed by atoms with Crippen LogP contribution in [-0.2, 0) is 7.05 Å². The minimum atomic E-state index is 0.135. The Kier molecular flexibility index (Phi) is 5.17. The zero-order valence-electron chi connectivity index (χ0n) is 12.9. The van der Waals surface area contributed by atoms with Gasteiger partial charge in [-0.1, -0.05) is 6.92 Å².